The second-order valence-electron chi connectivity index (χ2n) is 6.54. The maximum atomic E-state index is 12.7. The van der Waals surface area contributed by atoms with E-state index in [0.29, 0.717) is 17.3 Å². The molecule has 1 aliphatic heterocycles. The number of carbonyl (C=O) groups excluding carboxylic acids is 2. The molecule has 0 spiro atoms. The summed E-state index contributed by atoms with van der Waals surface area (Å²) in [6.07, 6.45) is 0. The lowest BCUT2D eigenvalue weighted by Crippen LogP contribution is -2.34. The van der Waals surface area contributed by atoms with Gasteiger partial charge in [-0.2, -0.15) is 0 Å². The summed E-state index contributed by atoms with van der Waals surface area (Å²) in [5, 5.41) is 3.20. The average molecular weight is 341 g/mol. The third-order valence-corrected chi connectivity index (χ3v) is 6.13. The van der Waals surface area contributed by atoms with Crippen molar-refractivity contribution in [3.63, 3.8) is 0 Å². The Morgan fingerprint density at radius 2 is 2.00 bits per heavy atom. The van der Waals surface area contributed by atoms with Crippen molar-refractivity contribution in [1.82, 2.24) is 15.2 Å². The van der Waals surface area contributed by atoms with Crippen LogP contribution in [0, 0.1) is 12.8 Å². The van der Waals surface area contributed by atoms with Crippen LogP contribution in [0.3, 0.4) is 0 Å². The summed E-state index contributed by atoms with van der Waals surface area (Å²) < 4.78 is 0. The van der Waals surface area contributed by atoms with E-state index in [1.807, 2.05) is 24.0 Å². The second kappa shape index (κ2) is 5.70. The Labute approximate surface area is 144 Å². The van der Waals surface area contributed by atoms with Gasteiger partial charge in [-0.15, -0.1) is 11.3 Å². The van der Waals surface area contributed by atoms with E-state index in [2.05, 4.69) is 22.4 Å². The van der Waals surface area contributed by atoms with Gasteiger partial charge in [0, 0.05) is 31.8 Å². The summed E-state index contributed by atoms with van der Waals surface area (Å²) in [6, 6.07) is 8.21. The molecule has 1 aromatic carbocycles. The Bertz CT molecular complexity index is 816. The number of nitrogens with one attached hydrogen (secondary N) is 1. The van der Waals surface area contributed by atoms with Crippen LogP contribution in [0.5, 0.6) is 0 Å². The number of thiazole rings is 1. The number of nitrogens with zero attached hydrogens (tertiary/aromatic N) is 2. The summed E-state index contributed by atoms with van der Waals surface area (Å²) in [7, 11) is 0. The number of rotatable bonds is 2. The van der Waals surface area contributed by atoms with E-state index >= 15 is 0 Å². The number of hydrogen-bond donors (Lipinski definition) is 1. The van der Waals surface area contributed by atoms with Crippen LogP contribution in [0.25, 0.3) is 0 Å². The third-order valence-electron chi connectivity index (χ3n) is 5.21. The van der Waals surface area contributed by atoms with E-state index in [4.69, 9.17) is 0 Å². The Morgan fingerprint density at radius 1 is 1.25 bits per heavy atom. The Morgan fingerprint density at radius 3 is 2.67 bits per heavy atom. The molecule has 1 N–H and O–H groups in total. The van der Waals surface area contributed by atoms with Crippen molar-refractivity contribution in [2.75, 3.05) is 13.1 Å². The van der Waals surface area contributed by atoms with Crippen molar-refractivity contribution in [3.8, 4) is 0 Å². The Balaban J connectivity index is 1.65. The van der Waals surface area contributed by atoms with Crippen LogP contribution in [-0.2, 0) is 4.79 Å². The molecule has 2 amide bonds. The summed E-state index contributed by atoms with van der Waals surface area (Å²) >= 11 is 1.37. The summed E-state index contributed by atoms with van der Waals surface area (Å²) in [5.41, 5.74) is 4.91. The molecule has 1 saturated heterocycles. The first-order chi connectivity index (χ1) is 11.6. The van der Waals surface area contributed by atoms with Crippen LogP contribution in [0.1, 0.15) is 45.4 Å². The normalized spacial score (nSPS) is 24.6. The zero-order valence-corrected chi connectivity index (χ0v) is 14.5. The highest BCUT2D eigenvalue weighted by Gasteiger charge is 2.47. The molecule has 1 aliphatic carbocycles. The van der Waals surface area contributed by atoms with Gasteiger partial charge in [0.05, 0.1) is 17.2 Å². The predicted octanol–water partition coefficient (Wildman–Crippen LogP) is 2.50. The Hall–Kier alpha value is -2.21. The fourth-order valence-electron chi connectivity index (χ4n) is 4.03. The number of aromatic nitrogens is 1. The second-order valence-corrected chi connectivity index (χ2v) is 7.40. The van der Waals surface area contributed by atoms with Gasteiger partial charge in [-0.05, 0) is 18.1 Å². The number of benzene rings is 1. The first kappa shape index (κ1) is 15.3. The van der Waals surface area contributed by atoms with E-state index in [9.17, 15) is 9.59 Å². The summed E-state index contributed by atoms with van der Waals surface area (Å²) in [5.74, 6) is 0.573. The van der Waals surface area contributed by atoms with Crippen LogP contribution < -0.4 is 5.32 Å². The standard InChI is InChI=1S/C18H19N3O2S/c1-10-17(24-9-19-10)18(23)20-16-13-6-4-3-5-12(13)14-7-21(11(2)22)8-15(14)16/h3-6,9,14-16H,7-8H2,1-2H3,(H,20,23)/t14-,15-,16-/m0/s1. The largest absolute Gasteiger partial charge is 0.344 e. The van der Waals surface area contributed by atoms with Gasteiger partial charge in [-0.25, -0.2) is 4.98 Å². The monoisotopic (exact) mass is 341 g/mol. The molecule has 0 saturated carbocycles. The van der Waals surface area contributed by atoms with Gasteiger partial charge in [-0.1, -0.05) is 24.3 Å². The Kier molecular flexibility index (Phi) is 3.64. The zero-order valence-electron chi connectivity index (χ0n) is 13.7. The van der Waals surface area contributed by atoms with Crippen molar-refractivity contribution in [2.45, 2.75) is 25.8 Å². The van der Waals surface area contributed by atoms with Gasteiger partial charge in [0.1, 0.15) is 4.88 Å². The van der Waals surface area contributed by atoms with Crippen molar-refractivity contribution < 1.29 is 9.59 Å². The molecule has 5 nitrogen and oxygen atoms in total. The number of likely N-dealkylation sites (tertiary alicyclic amines) is 1. The number of fused-ring (bicyclic) bond motifs is 3. The lowest BCUT2D eigenvalue weighted by Gasteiger charge is -2.22. The first-order valence-corrected chi connectivity index (χ1v) is 8.99. The van der Waals surface area contributed by atoms with Crippen LogP contribution >= 0.6 is 11.3 Å². The quantitative estimate of drug-likeness (QED) is 0.913. The predicted molar refractivity (Wildman–Crippen MR) is 92.0 cm³/mol. The van der Waals surface area contributed by atoms with Gasteiger partial charge in [0.15, 0.2) is 0 Å². The van der Waals surface area contributed by atoms with E-state index in [-0.39, 0.29) is 23.8 Å². The van der Waals surface area contributed by atoms with E-state index in [1.165, 1.54) is 22.5 Å². The minimum absolute atomic E-state index is 0.0513. The molecule has 24 heavy (non-hydrogen) atoms. The number of hydrogen-bond acceptors (Lipinski definition) is 4. The SMILES string of the molecule is CC(=O)N1C[C@H]2[C@@H](C1)c1ccccc1[C@@H]2NC(=O)c1scnc1C. The molecule has 2 aliphatic rings. The van der Waals surface area contributed by atoms with Crippen molar-refractivity contribution in [1.29, 1.82) is 0 Å². The third kappa shape index (κ3) is 2.33. The summed E-state index contributed by atoms with van der Waals surface area (Å²) in [4.78, 5) is 31.2. The molecule has 4 rings (SSSR count). The van der Waals surface area contributed by atoms with Crippen molar-refractivity contribution >= 4 is 23.2 Å². The van der Waals surface area contributed by atoms with Crippen LogP contribution in [0.4, 0.5) is 0 Å². The number of carbonyl (C=O) groups is 2. The molecule has 0 bridgehead atoms. The number of amides is 2. The van der Waals surface area contributed by atoms with Crippen LogP contribution in [-0.4, -0.2) is 34.8 Å². The topological polar surface area (TPSA) is 62.3 Å². The lowest BCUT2D eigenvalue weighted by atomic mass is 9.94. The maximum Gasteiger partial charge on any atom is 0.263 e. The fraction of sp³-hybridized carbons (Fsp3) is 0.389. The van der Waals surface area contributed by atoms with Gasteiger partial charge in [0.25, 0.3) is 5.91 Å². The first-order valence-electron chi connectivity index (χ1n) is 8.11. The molecule has 3 atom stereocenters. The number of aryl methyl sites for hydroxylation is 1. The molecule has 1 aromatic heterocycles. The molecule has 1 fully saturated rings. The maximum absolute atomic E-state index is 12.7. The molecule has 2 heterocycles. The highest BCUT2D eigenvalue weighted by atomic mass is 32.1. The van der Waals surface area contributed by atoms with Gasteiger partial charge in [-0.3, -0.25) is 9.59 Å². The molecule has 0 unspecified atom stereocenters. The van der Waals surface area contributed by atoms with Gasteiger partial charge >= 0.3 is 0 Å². The smallest absolute Gasteiger partial charge is 0.263 e. The highest BCUT2D eigenvalue weighted by Crippen LogP contribution is 2.49. The zero-order chi connectivity index (χ0) is 16.8. The molecular weight excluding hydrogens is 322 g/mol. The molecule has 6 heteroatoms. The highest BCUT2D eigenvalue weighted by molar-refractivity contribution is 7.11. The van der Waals surface area contributed by atoms with Gasteiger partial charge in [0.2, 0.25) is 5.91 Å². The average Bonchev–Trinajstić information content (AvgIpc) is 3.23. The molecule has 2 aromatic rings. The van der Waals surface area contributed by atoms with Gasteiger partial charge < -0.3 is 10.2 Å². The lowest BCUT2D eigenvalue weighted by molar-refractivity contribution is -0.128. The summed E-state index contributed by atoms with van der Waals surface area (Å²) in [6.45, 7) is 4.90. The molecule has 0 radical (unpaired) electrons. The van der Waals surface area contributed by atoms with Crippen LogP contribution in [0.2, 0.25) is 0 Å². The van der Waals surface area contributed by atoms with Crippen molar-refractivity contribution in [2.24, 2.45) is 5.92 Å². The van der Waals surface area contributed by atoms with Crippen LogP contribution in [0.15, 0.2) is 29.8 Å². The van der Waals surface area contributed by atoms with E-state index in [0.717, 1.165) is 12.2 Å². The molecular formula is C18H19N3O2S. The molecule has 124 valence electrons. The fourth-order valence-corrected chi connectivity index (χ4v) is 4.73. The van der Waals surface area contributed by atoms with E-state index in [1.54, 1.807) is 12.4 Å². The minimum Gasteiger partial charge on any atom is -0.344 e. The van der Waals surface area contributed by atoms with Crippen molar-refractivity contribution in [3.05, 3.63) is 51.5 Å². The van der Waals surface area contributed by atoms with E-state index < -0.39 is 0 Å². The minimum atomic E-state index is -0.0725.